The van der Waals surface area contributed by atoms with Crippen molar-refractivity contribution in [2.75, 3.05) is 26.3 Å². The van der Waals surface area contributed by atoms with Crippen LogP contribution >= 0.6 is 0 Å². The van der Waals surface area contributed by atoms with Crippen molar-refractivity contribution in [3.8, 4) is 5.75 Å². The number of benzene rings is 1. The molecule has 33 heavy (non-hydrogen) atoms. The fourth-order valence-electron chi connectivity index (χ4n) is 4.50. The Balaban J connectivity index is 1.23. The topological polar surface area (TPSA) is 101 Å². The first kappa shape index (κ1) is 21.5. The van der Waals surface area contributed by atoms with Gasteiger partial charge < -0.3 is 14.4 Å². The van der Waals surface area contributed by atoms with E-state index in [4.69, 9.17) is 9.47 Å². The van der Waals surface area contributed by atoms with E-state index in [1.807, 2.05) is 18.3 Å². The number of ether oxygens (including phenoxy) is 2. The van der Waals surface area contributed by atoms with Gasteiger partial charge in [0.15, 0.2) is 0 Å². The summed E-state index contributed by atoms with van der Waals surface area (Å²) in [4.78, 5) is 45.1. The molecule has 9 nitrogen and oxygen atoms in total. The van der Waals surface area contributed by atoms with Crippen molar-refractivity contribution in [2.24, 2.45) is 0 Å². The third kappa shape index (κ3) is 4.60. The average Bonchev–Trinajstić information content (AvgIpc) is 3.16. The van der Waals surface area contributed by atoms with Crippen LogP contribution < -0.4 is 10.1 Å². The fraction of sp³-hybridized carbons (Fsp3) is 0.417. The maximum absolute atomic E-state index is 12.9. The number of carbonyl (C=O) groups excluding carboxylic acids is 3. The van der Waals surface area contributed by atoms with E-state index >= 15 is 0 Å². The lowest BCUT2D eigenvalue weighted by Crippen LogP contribution is -2.52. The predicted molar refractivity (Wildman–Crippen MR) is 117 cm³/mol. The Labute approximate surface area is 191 Å². The zero-order valence-electron chi connectivity index (χ0n) is 18.3. The molecule has 0 spiro atoms. The second-order valence-corrected chi connectivity index (χ2v) is 8.52. The van der Waals surface area contributed by atoms with Crippen LogP contribution in [0.4, 0.5) is 0 Å². The van der Waals surface area contributed by atoms with E-state index in [0.717, 1.165) is 49.7 Å². The Bertz CT molecular complexity index is 1070. The molecule has 2 fully saturated rings. The molecule has 0 aliphatic carbocycles. The van der Waals surface area contributed by atoms with E-state index in [0.29, 0.717) is 17.7 Å². The molecule has 1 aromatic heterocycles. The summed E-state index contributed by atoms with van der Waals surface area (Å²) in [5.74, 6) is -0.325. The summed E-state index contributed by atoms with van der Waals surface area (Å²) >= 11 is 0. The Kier molecular flexibility index (Phi) is 6.06. The minimum atomic E-state index is -0.642. The van der Waals surface area contributed by atoms with Crippen molar-refractivity contribution >= 4 is 17.7 Å². The zero-order chi connectivity index (χ0) is 22.8. The van der Waals surface area contributed by atoms with Crippen LogP contribution in [0.2, 0.25) is 0 Å². The van der Waals surface area contributed by atoms with Crippen molar-refractivity contribution in [3.05, 3.63) is 58.9 Å². The molecule has 4 heterocycles. The van der Waals surface area contributed by atoms with Gasteiger partial charge in [-0.1, -0.05) is 12.1 Å². The summed E-state index contributed by atoms with van der Waals surface area (Å²) in [7, 11) is 0. The number of nitrogens with zero attached hydrogens (tertiary/aromatic N) is 3. The van der Waals surface area contributed by atoms with E-state index in [1.165, 1.54) is 4.90 Å². The lowest BCUT2D eigenvalue weighted by molar-refractivity contribution is -0.136. The molecule has 3 aliphatic rings. The first-order valence-corrected chi connectivity index (χ1v) is 11.2. The number of imide groups is 1. The molecule has 5 rings (SSSR count). The van der Waals surface area contributed by atoms with Crippen molar-refractivity contribution in [3.63, 3.8) is 0 Å². The normalized spacial score (nSPS) is 21.2. The lowest BCUT2D eigenvalue weighted by Gasteiger charge is -2.29. The summed E-state index contributed by atoms with van der Waals surface area (Å²) in [6, 6.07) is 8.72. The third-order valence-corrected chi connectivity index (χ3v) is 6.31. The largest absolute Gasteiger partial charge is 0.487 e. The second kappa shape index (κ2) is 9.29. The van der Waals surface area contributed by atoms with Gasteiger partial charge in [0.05, 0.1) is 25.5 Å². The van der Waals surface area contributed by atoms with E-state index < -0.39 is 11.9 Å². The highest BCUT2D eigenvalue weighted by atomic mass is 16.5. The van der Waals surface area contributed by atoms with Crippen LogP contribution in [0.1, 0.15) is 40.0 Å². The zero-order valence-corrected chi connectivity index (χ0v) is 18.3. The van der Waals surface area contributed by atoms with E-state index in [2.05, 4.69) is 21.3 Å². The van der Waals surface area contributed by atoms with Gasteiger partial charge in [-0.15, -0.1) is 0 Å². The molecule has 1 N–H and O–H groups in total. The maximum Gasteiger partial charge on any atom is 0.255 e. The van der Waals surface area contributed by atoms with Gasteiger partial charge in [-0.25, -0.2) is 0 Å². The van der Waals surface area contributed by atoms with E-state index in [1.54, 1.807) is 12.1 Å². The first-order chi connectivity index (χ1) is 16.1. The number of pyridine rings is 1. The minimum Gasteiger partial charge on any atom is -0.487 e. The van der Waals surface area contributed by atoms with Crippen LogP contribution in [0, 0.1) is 0 Å². The van der Waals surface area contributed by atoms with Crippen LogP contribution in [0.15, 0.2) is 36.5 Å². The monoisotopic (exact) mass is 450 g/mol. The van der Waals surface area contributed by atoms with Crippen LogP contribution in [-0.2, 0) is 34.0 Å². The minimum absolute atomic E-state index is 0.212. The van der Waals surface area contributed by atoms with Gasteiger partial charge >= 0.3 is 0 Å². The molecular weight excluding hydrogens is 424 g/mol. The molecule has 9 heteroatoms. The van der Waals surface area contributed by atoms with Gasteiger partial charge in [-0.3, -0.25) is 29.6 Å². The molecule has 3 amide bonds. The molecule has 1 atom stereocenters. The van der Waals surface area contributed by atoms with Crippen LogP contribution in [0.3, 0.4) is 0 Å². The van der Waals surface area contributed by atoms with E-state index in [9.17, 15) is 14.4 Å². The molecule has 3 aliphatic heterocycles. The average molecular weight is 450 g/mol. The maximum atomic E-state index is 12.9. The molecule has 0 bridgehead atoms. The summed E-state index contributed by atoms with van der Waals surface area (Å²) in [5, 5.41) is 2.32. The van der Waals surface area contributed by atoms with Crippen LogP contribution in [0.5, 0.6) is 5.75 Å². The number of fused-ring (bicyclic) bond motifs is 1. The third-order valence-electron chi connectivity index (χ3n) is 6.31. The smallest absolute Gasteiger partial charge is 0.255 e. The molecular formula is C24H26N4O5. The summed E-state index contributed by atoms with van der Waals surface area (Å²) < 4.78 is 11.4. The van der Waals surface area contributed by atoms with Crippen molar-refractivity contribution in [1.82, 2.24) is 20.1 Å². The van der Waals surface area contributed by atoms with Gasteiger partial charge in [-0.05, 0) is 30.2 Å². The number of hydrogen-bond donors (Lipinski definition) is 1. The fourth-order valence-corrected chi connectivity index (χ4v) is 4.50. The van der Waals surface area contributed by atoms with Crippen LogP contribution in [0.25, 0.3) is 0 Å². The van der Waals surface area contributed by atoms with E-state index in [-0.39, 0.29) is 31.4 Å². The van der Waals surface area contributed by atoms with Crippen molar-refractivity contribution < 1.29 is 23.9 Å². The van der Waals surface area contributed by atoms with Gasteiger partial charge in [0, 0.05) is 43.4 Å². The summed E-state index contributed by atoms with van der Waals surface area (Å²) in [6.45, 7) is 4.80. The number of piperidine rings is 1. The van der Waals surface area contributed by atoms with Crippen molar-refractivity contribution in [1.29, 1.82) is 0 Å². The Morgan fingerprint density at radius 2 is 1.97 bits per heavy atom. The summed E-state index contributed by atoms with van der Waals surface area (Å²) in [6.07, 6.45) is 2.44. The molecule has 2 saturated heterocycles. The van der Waals surface area contributed by atoms with Gasteiger partial charge in [-0.2, -0.15) is 0 Å². The Morgan fingerprint density at radius 1 is 1.12 bits per heavy atom. The molecule has 1 aromatic carbocycles. The first-order valence-electron chi connectivity index (χ1n) is 11.2. The Hall–Kier alpha value is -3.30. The van der Waals surface area contributed by atoms with Crippen LogP contribution in [-0.4, -0.2) is 64.9 Å². The number of hydrogen-bond acceptors (Lipinski definition) is 7. The number of carbonyl (C=O) groups is 3. The standard InChI is InChI=1S/C24H26N4O5/c29-22-7-6-20(23(30)26-22)28-14-19-18(24(28)31)2-1-3-21(19)33-15-17-5-4-16(12-25-17)13-27-8-10-32-11-9-27/h1-5,12,20H,6-11,13-15H2,(H,26,29,30). The molecule has 172 valence electrons. The number of morpholine rings is 1. The molecule has 2 aromatic rings. The molecule has 1 unspecified atom stereocenters. The lowest BCUT2D eigenvalue weighted by atomic mass is 10.0. The van der Waals surface area contributed by atoms with Gasteiger partial charge in [0.2, 0.25) is 11.8 Å². The highest BCUT2D eigenvalue weighted by molar-refractivity contribution is 6.05. The predicted octanol–water partition coefficient (Wildman–Crippen LogP) is 1.25. The van der Waals surface area contributed by atoms with Crippen molar-refractivity contribution in [2.45, 2.75) is 38.6 Å². The highest BCUT2D eigenvalue weighted by Crippen LogP contribution is 2.33. The SMILES string of the molecule is O=C1CCC(N2Cc3c(OCc4ccc(CN5CCOCC5)cn4)cccc3C2=O)C(=O)N1. The number of nitrogens with one attached hydrogen (secondary N) is 1. The molecule has 0 saturated carbocycles. The molecule has 0 radical (unpaired) electrons. The number of aromatic nitrogens is 1. The number of rotatable bonds is 6. The number of amides is 3. The highest BCUT2D eigenvalue weighted by Gasteiger charge is 2.40. The Morgan fingerprint density at radius 3 is 2.73 bits per heavy atom. The second-order valence-electron chi connectivity index (χ2n) is 8.52. The van der Waals surface area contributed by atoms with Gasteiger partial charge in [0.1, 0.15) is 18.4 Å². The quantitative estimate of drug-likeness (QED) is 0.661. The van der Waals surface area contributed by atoms with Gasteiger partial charge in [0.25, 0.3) is 5.91 Å². The summed E-state index contributed by atoms with van der Waals surface area (Å²) in [5.41, 5.74) is 3.23.